The van der Waals surface area contributed by atoms with Crippen LogP contribution in [0, 0.1) is 5.92 Å². The van der Waals surface area contributed by atoms with Crippen LogP contribution in [-0.4, -0.2) is 25.1 Å². The minimum atomic E-state index is -2.75. The Balaban J connectivity index is 2.25. The van der Waals surface area contributed by atoms with Crippen molar-refractivity contribution in [1.29, 1.82) is 0 Å². The van der Waals surface area contributed by atoms with Crippen LogP contribution in [0.5, 0.6) is 0 Å². The third kappa shape index (κ3) is 3.27. The van der Waals surface area contributed by atoms with Gasteiger partial charge in [-0.3, -0.25) is 0 Å². The summed E-state index contributed by atoms with van der Waals surface area (Å²) in [6, 6.07) is 0. The Bertz CT molecular complexity index is 248. The molecule has 1 aliphatic rings. The molecular weight excluding hydrogens is 186 g/mol. The van der Waals surface area contributed by atoms with E-state index in [0.29, 0.717) is 5.92 Å². The van der Waals surface area contributed by atoms with Gasteiger partial charge >= 0.3 is 0 Å². The summed E-state index contributed by atoms with van der Waals surface area (Å²) in [6.07, 6.45) is 4.67. The summed E-state index contributed by atoms with van der Waals surface area (Å²) in [5.41, 5.74) is 0. The summed E-state index contributed by atoms with van der Waals surface area (Å²) in [6.45, 7) is 5.05. The smallest absolute Gasteiger partial charge is 0.211 e. The molecule has 1 saturated heterocycles. The van der Waals surface area contributed by atoms with E-state index in [1.165, 1.54) is 19.3 Å². The molecule has 3 nitrogen and oxygen atoms in total. The van der Waals surface area contributed by atoms with E-state index in [2.05, 4.69) is 13.8 Å². The van der Waals surface area contributed by atoms with E-state index in [1.54, 1.807) is 4.31 Å². The molecule has 0 radical (unpaired) electrons. The average Bonchev–Trinajstić information content (AvgIpc) is 2.67. The maximum atomic E-state index is 10.9. The SMILES string of the molecule is CCCCC(CC)CN1CS1(=O)=O. The van der Waals surface area contributed by atoms with E-state index in [9.17, 15) is 8.42 Å². The van der Waals surface area contributed by atoms with Gasteiger partial charge < -0.3 is 0 Å². The van der Waals surface area contributed by atoms with Gasteiger partial charge in [-0.2, -0.15) is 4.31 Å². The van der Waals surface area contributed by atoms with E-state index in [0.717, 1.165) is 13.0 Å². The summed E-state index contributed by atoms with van der Waals surface area (Å²) >= 11 is 0. The first-order valence-corrected chi connectivity index (χ1v) is 6.69. The molecule has 0 aliphatic carbocycles. The van der Waals surface area contributed by atoms with Gasteiger partial charge in [0.2, 0.25) is 10.0 Å². The van der Waals surface area contributed by atoms with Gasteiger partial charge in [0.25, 0.3) is 0 Å². The topological polar surface area (TPSA) is 37.1 Å². The molecule has 0 aromatic rings. The van der Waals surface area contributed by atoms with Gasteiger partial charge in [0.1, 0.15) is 5.88 Å². The number of nitrogens with zero attached hydrogens (tertiary/aromatic N) is 1. The van der Waals surface area contributed by atoms with Crippen LogP contribution in [0.15, 0.2) is 0 Å². The molecule has 0 aromatic heterocycles. The summed E-state index contributed by atoms with van der Waals surface area (Å²) in [7, 11) is -2.75. The summed E-state index contributed by atoms with van der Waals surface area (Å²) in [5.74, 6) is 0.854. The third-order valence-electron chi connectivity index (χ3n) is 2.63. The predicted octanol–water partition coefficient (Wildman–Crippen LogP) is 1.81. The Morgan fingerprint density at radius 1 is 1.38 bits per heavy atom. The van der Waals surface area contributed by atoms with E-state index in [1.807, 2.05) is 0 Å². The predicted molar refractivity (Wildman–Crippen MR) is 53.8 cm³/mol. The fraction of sp³-hybridized carbons (Fsp3) is 1.00. The van der Waals surface area contributed by atoms with Crippen LogP contribution in [0.25, 0.3) is 0 Å². The highest BCUT2D eigenvalue weighted by Crippen LogP contribution is 2.24. The first kappa shape index (κ1) is 11.0. The van der Waals surface area contributed by atoms with Crippen LogP contribution in [0.1, 0.15) is 39.5 Å². The van der Waals surface area contributed by atoms with Crippen molar-refractivity contribution in [3.05, 3.63) is 0 Å². The lowest BCUT2D eigenvalue weighted by molar-refractivity contribution is 0.384. The molecule has 1 rings (SSSR count). The highest BCUT2D eigenvalue weighted by Gasteiger charge is 2.40. The van der Waals surface area contributed by atoms with E-state index in [4.69, 9.17) is 0 Å². The van der Waals surface area contributed by atoms with E-state index in [-0.39, 0.29) is 5.88 Å². The van der Waals surface area contributed by atoms with Crippen LogP contribution < -0.4 is 0 Å². The lowest BCUT2D eigenvalue weighted by atomic mass is 10.00. The lowest BCUT2D eigenvalue weighted by Crippen LogP contribution is -2.13. The van der Waals surface area contributed by atoms with Crippen LogP contribution >= 0.6 is 0 Å². The molecule has 1 fully saturated rings. The Morgan fingerprint density at radius 3 is 2.38 bits per heavy atom. The number of rotatable bonds is 6. The molecule has 0 N–H and O–H groups in total. The summed E-state index contributed by atoms with van der Waals surface area (Å²) in [5, 5.41) is 0. The number of hydrogen-bond acceptors (Lipinski definition) is 2. The third-order valence-corrected chi connectivity index (χ3v) is 4.04. The molecular formula is C9H19NO2S. The standard InChI is InChI=1S/C9H19NO2S/c1-3-5-6-9(4-2)7-10-8-13(10,11)12/h9H,3-8H2,1-2H3. The van der Waals surface area contributed by atoms with E-state index < -0.39 is 10.0 Å². The van der Waals surface area contributed by atoms with Gasteiger partial charge in [0, 0.05) is 6.54 Å². The van der Waals surface area contributed by atoms with Gasteiger partial charge in [0.05, 0.1) is 0 Å². The van der Waals surface area contributed by atoms with Crippen LogP contribution in [0.4, 0.5) is 0 Å². The van der Waals surface area contributed by atoms with E-state index >= 15 is 0 Å². The van der Waals surface area contributed by atoms with Crippen molar-refractivity contribution in [2.24, 2.45) is 5.92 Å². The Morgan fingerprint density at radius 2 is 2.00 bits per heavy atom. The molecule has 1 heterocycles. The van der Waals surface area contributed by atoms with Crippen LogP contribution in [0.2, 0.25) is 0 Å². The molecule has 0 saturated carbocycles. The highest BCUT2D eigenvalue weighted by molar-refractivity contribution is 7.95. The summed E-state index contributed by atoms with van der Waals surface area (Å²) < 4.78 is 23.4. The number of hydrogen-bond donors (Lipinski definition) is 0. The number of sulfonamides is 1. The Labute approximate surface area is 81.2 Å². The van der Waals surface area contributed by atoms with Crippen molar-refractivity contribution in [2.45, 2.75) is 39.5 Å². The van der Waals surface area contributed by atoms with Crippen LogP contribution in [0.3, 0.4) is 0 Å². The second-order valence-electron chi connectivity index (χ2n) is 3.79. The fourth-order valence-corrected chi connectivity index (χ4v) is 2.65. The average molecular weight is 205 g/mol. The molecule has 0 amide bonds. The lowest BCUT2D eigenvalue weighted by Gasteiger charge is -2.12. The normalized spacial score (nSPS) is 27.1. The van der Waals surface area contributed by atoms with Gasteiger partial charge in [-0.05, 0) is 12.3 Å². The maximum Gasteiger partial charge on any atom is 0.229 e. The molecule has 4 heteroatoms. The zero-order valence-corrected chi connectivity index (χ0v) is 9.31. The molecule has 13 heavy (non-hydrogen) atoms. The first-order valence-electron chi connectivity index (χ1n) is 5.08. The van der Waals surface area contributed by atoms with Crippen molar-refractivity contribution in [3.63, 3.8) is 0 Å². The zero-order chi connectivity index (χ0) is 9.90. The largest absolute Gasteiger partial charge is 0.229 e. The van der Waals surface area contributed by atoms with Gasteiger partial charge in [0.15, 0.2) is 0 Å². The molecule has 2 unspecified atom stereocenters. The Kier molecular flexibility index (Phi) is 3.74. The molecule has 78 valence electrons. The second kappa shape index (κ2) is 4.42. The molecule has 1 aliphatic heterocycles. The monoisotopic (exact) mass is 205 g/mol. The molecule has 0 spiro atoms. The van der Waals surface area contributed by atoms with Crippen molar-refractivity contribution in [1.82, 2.24) is 4.31 Å². The van der Waals surface area contributed by atoms with Crippen molar-refractivity contribution >= 4 is 10.0 Å². The first-order chi connectivity index (χ1) is 6.10. The molecule has 0 aromatic carbocycles. The van der Waals surface area contributed by atoms with Gasteiger partial charge in [-0.1, -0.05) is 33.1 Å². The highest BCUT2D eigenvalue weighted by atomic mass is 32.2. The second-order valence-corrected chi connectivity index (χ2v) is 5.73. The maximum absolute atomic E-state index is 10.9. The van der Waals surface area contributed by atoms with Crippen molar-refractivity contribution < 1.29 is 8.42 Å². The fourth-order valence-electron chi connectivity index (χ4n) is 1.53. The quantitative estimate of drug-likeness (QED) is 0.620. The minimum absolute atomic E-state index is 0.287. The zero-order valence-electron chi connectivity index (χ0n) is 8.49. The van der Waals surface area contributed by atoms with Gasteiger partial charge in [-0.25, -0.2) is 8.42 Å². The summed E-state index contributed by atoms with van der Waals surface area (Å²) in [4.78, 5) is 0. The Hall–Kier alpha value is -0.0900. The number of unbranched alkanes of at least 4 members (excludes halogenated alkanes) is 1. The van der Waals surface area contributed by atoms with Gasteiger partial charge in [-0.15, -0.1) is 0 Å². The van der Waals surface area contributed by atoms with Crippen molar-refractivity contribution in [3.8, 4) is 0 Å². The van der Waals surface area contributed by atoms with Crippen LogP contribution in [-0.2, 0) is 10.0 Å². The molecule has 2 atom stereocenters. The molecule has 0 bridgehead atoms. The minimum Gasteiger partial charge on any atom is -0.211 e. The van der Waals surface area contributed by atoms with Crippen molar-refractivity contribution in [2.75, 3.05) is 12.4 Å².